The first-order valence-corrected chi connectivity index (χ1v) is 7.04. The Morgan fingerprint density at radius 2 is 2.35 bits per heavy atom. The molecular formula is C14H16N2O3S. The molecule has 0 fully saturated rings. The van der Waals surface area contributed by atoms with Crippen LogP contribution >= 0.6 is 11.3 Å². The minimum Gasteiger partial charge on any atom is -0.497 e. The molecule has 0 saturated heterocycles. The Kier molecular flexibility index (Phi) is 4.57. The smallest absolute Gasteiger partial charge is 0.337 e. The highest BCUT2D eigenvalue weighted by Gasteiger charge is 2.13. The second-order valence-corrected chi connectivity index (χ2v) is 5.30. The molecule has 0 aliphatic carbocycles. The van der Waals surface area contributed by atoms with E-state index in [0.29, 0.717) is 18.0 Å². The maximum Gasteiger partial charge on any atom is 0.337 e. The van der Waals surface area contributed by atoms with E-state index in [2.05, 4.69) is 10.3 Å². The monoisotopic (exact) mass is 292 g/mol. The Morgan fingerprint density at radius 3 is 2.95 bits per heavy atom. The van der Waals surface area contributed by atoms with Crippen LogP contribution < -0.4 is 10.1 Å². The summed E-state index contributed by atoms with van der Waals surface area (Å²) in [5, 5.41) is 15.3. The predicted molar refractivity (Wildman–Crippen MR) is 79.0 cm³/mol. The van der Waals surface area contributed by atoms with Crippen molar-refractivity contribution in [2.75, 3.05) is 19.0 Å². The zero-order valence-electron chi connectivity index (χ0n) is 11.3. The zero-order valence-corrected chi connectivity index (χ0v) is 12.1. The van der Waals surface area contributed by atoms with Crippen LogP contribution in [0.15, 0.2) is 29.8 Å². The fraction of sp³-hybridized carbons (Fsp3) is 0.286. The second kappa shape index (κ2) is 6.38. The van der Waals surface area contributed by atoms with E-state index in [9.17, 15) is 9.90 Å². The quantitative estimate of drug-likeness (QED) is 0.856. The summed E-state index contributed by atoms with van der Waals surface area (Å²) in [6.07, 6.45) is 1.77. The van der Waals surface area contributed by atoms with Crippen LogP contribution in [0.3, 0.4) is 0 Å². The van der Waals surface area contributed by atoms with Gasteiger partial charge in [0.05, 0.1) is 23.4 Å². The van der Waals surface area contributed by atoms with Gasteiger partial charge in [-0.25, -0.2) is 9.78 Å². The molecule has 1 atom stereocenters. The molecule has 0 aliphatic rings. The summed E-state index contributed by atoms with van der Waals surface area (Å²) >= 11 is 1.59. The molecule has 106 valence electrons. The van der Waals surface area contributed by atoms with E-state index in [0.717, 1.165) is 5.01 Å². The predicted octanol–water partition coefficient (Wildman–Crippen LogP) is 3.07. The Hall–Kier alpha value is -2.08. The van der Waals surface area contributed by atoms with Crippen LogP contribution in [0.5, 0.6) is 5.75 Å². The number of methoxy groups -OCH3 is 1. The number of hydrogen-bond donors (Lipinski definition) is 2. The third kappa shape index (κ3) is 3.27. The van der Waals surface area contributed by atoms with Gasteiger partial charge in [0.15, 0.2) is 0 Å². The van der Waals surface area contributed by atoms with Gasteiger partial charge >= 0.3 is 5.97 Å². The van der Waals surface area contributed by atoms with Crippen molar-refractivity contribution in [1.82, 2.24) is 4.98 Å². The molecule has 1 heterocycles. The van der Waals surface area contributed by atoms with Gasteiger partial charge in [-0.3, -0.25) is 0 Å². The van der Waals surface area contributed by atoms with Gasteiger partial charge in [-0.05, 0) is 12.1 Å². The highest BCUT2D eigenvalue weighted by Crippen LogP contribution is 2.24. The third-order valence-corrected chi connectivity index (χ3v) is 3.94. The van der Waals surface area contributed by atoms with E-state index >= 15 is 0 Å². The first-order chi connectivity index (χ1) is 9.61. The normalized spacial score (nSPS) is 11.9. The topological polar surface area (TPSA) is 71.5 Å². The number of carbonyl (C=O) groups is 1. The van der Waals surface area contributed by atoms with Crippen molar-refractivity contribution < 1.29 is 14.6 Å². The van der Waals surface area contributed by atoms with Crippen molar-refractivity contribution in [1.29, 1.82) is 0 Å². The van der Waals surface area contributed by atoms with E-state index in [1.807, 2.05) is 12.3 Å². The summed E-state index contributed by atoms with van der Waals surface area (Å²) < 4.78 is 5.13. The van der Waals surface area contributed by atoms with Crippen LogP contribution in [0.1, 0.15) is 28.2 Å². The van der Waals surface area contributed by atoms with Crippen molar-refractivity contribution in [2.24, 2.45) is 0 Å². The van der Waals surface area contributed by atoms with Crippen LogP contribution in [0, 0.1) is 0 Å². The largest absolute Gasteiger partial charge is 0.497 e. The lowest BCUT2D eigenvalue weighted by molar-refractivity contribution is 0.0698. The number of aromatic carboxylic acids is 1. The number of anilines is 1. The second-order valence-electron chi connectivity index (χ2n) is 4.37. The fourth-order valence-corrected chi connectivity index (χ4v) is 2.51. The van der Waals surface area contributed by atoms with E-state index in [-0.39, 0.29) is 11.5 Å². The maximum absolute atomic E-state index is 11.2. The minimum atomic E-state index is -0.961. The highest BCUT2D eigenvalue weighted by molar-refractivity contribution is 7.09. The summed E-state index contributed by atoms with van der Waals surface area (Å²) in [5.41, 5.74) is 0.789. The molecule has 1 aromatic heterocycles. The number of ether oxygens (including phenoxy) is 1. The van der Waals surface area contributed by atoms with Crippen LogP contribution in [-0.4, -0.2) is 29.7 Å². The summed E-state index contributed by atoms with van der Waals surface area (Å²) in [5.74, 6) is -0.126. The molecule has 2 aromatic rings. The molecule has 0 bridgehead atoms. The first-order valence-electron chi connectivity index (χ1n) is 6.16. The van der Waals surface area contributed by atoms with Crippen molar-refractivity contribution in [3.8, 4) is 5.75 Å². The van der Waals surface area contributed by atoms with Gasteiger partial charge in [-0.1, -0.05) is 6.92 Å². The zero-order chi connectivity index (χ0) is 14.5. The third-order valence-electron chi connectivity index (χ3n) is 2.93. The molecule has 2 N–H and O–H groups in total. The number of benzene rings is 1. The van der Waals surface area contributed by atoms with Gasteiger partial charge in [0.25, 0.3) is 0 Å². The number of nitrogens with one attached hydrogen (secondary N) is 1. The summed E-state index contributed by atoms with van der Waals surface area (Å²) in [6, 6.07) is 4.87. The average molecular weight is 292 g/mol. The molecule has 5 nitrogen and oxygen atoms in total. The van der Waals surface area contributed by atoms with E-state index in [4.69, 9.17) is 4.74 Å². The SMILES string of the molecule is COc1ccc(C(=O)O)c(NCC(C)c2nccs2)c1. The lowest BCUT2D eigenvalue weighted by atomic mass is 10.1. The van der Waals surface area contributed by atoms with Crippen molar-refractivity contribution in [2.45, 2.75) is 12.8 Å². The minimum absolute atomic E-state index is 0.211. The molecule has 6 heteroatoms. The van der Waals surface area contributed by atoms with Crippen LogP contribution in [0.2, 0.25) is 0 Å². The molecule has 0 amide bonds. The molecule has 0 aliphatic heterocycles. The molecular weight excluding hydrogens is 276 g/mol. The lowest BCUT2D eigenvalue weighted by Gasteiger charge is -2.14. The van der Waals surface area contributed by atoms with Gasteiger partial charge in [0, 0.05) is 30.1 Å². The Bertz CT molecular complexity index is 584. The molecule has 0 spiro atoms. The van der Waals surface area contributed by atoms with Crippen LogP contribution in [-0.2, 0) is 0 Å². The molecule has 20 heavy (non-hydrogen) atoms. The van der Waals surface area contributed by atoms with E-state index in [1.54, 1.807) is 36.8 Å². The van der Waals surface area contributed by atoms with Gasteiger partial charge in [0.1, 0.15) is 5.75 Å². The number of thiazole rings is 1. The fourth-order valence-electron chi connectivity index (χ4n) is 1.81. The number of carboxylic acids is 1. The lowest BCUT2D eigenvalue weighted by Crippen LogP contribution is -2.12. The molecule has 0 radical (unpaired) electrons. The average Bonchev–Trinajstić information content (AvgIpc) is 2.98. The molecule has 1 aromatic carbocycles. The highest BCUT2D eigenvalue weighted by atomic mass is 32.1. The van der Waals surface area contributed by atoms with Gasteiger partial charge in [-0.2, -0.15) is 0 Å². The standard InChI is InChI=1S/C14H16N2O3S/c1-9(13-15-5-6-20-13)8-16-12-7-10(19-2)3-4-11(12)14(17)18/h3-7,9,16H,8H2,1-2H3,(H,17,18). The van der Waals surface area contributed by atoms with E-state index in [1.165, 1.54) is 6.07 Å². The Morgan fingerprint density at radius 1 is 1.55 bits per heavy atom. The van der Waals surface area contributed by atoms with Gasteiger partial charge < -0.3 is 15.2 Å². The van der Waals surface area contributed by atoms with Crippen molar-refractivity contribution in [3.05, 3.63) is 40.3 Å². The van der Waals surface area contributed by atoms with Crippen LogP contribution in [0.4, 0.5) is 5.69 Å². The van der Waals surface area contributed by atoms with Crippen molar-refractivity contribution >= 4 is 23.0 Å². The molecule has 2 rings (SSSR count). The first kappa shape index (κ1) is 14.3. The van der Waals surface area contributed by atoms with Crippen molar-refractivity contribution in [3.63, 3.8) is 0 Å². The van der Waals surface area contributed by atoms with Gasteiger partial charge in [0.2, 0.25) is 0 Å². The number of nitrogens with zero attached hydrogens (tertiary/aromatic N) is 1. The molecule has 1 unspecified atom stereocenters. The number of rotatable bonds is 6. The maximum atomic E-state index is 11.2. The summed E-state index contributed by atoms with van der Waals surface area (Å²) in [4.78, 5) is 15.5. The Labute approximate surface area is 121 Å². The number of carboxylic acid groups (broad SMARTS) is 1. The van der Waals surface area contributed by atoms with E-state index < -0.39 is 5.97 Å². The molecule has 0 saturated carbocycles. The van der Waals surface area contributed by atoms with Crippen LogP contribution in [0.25, 0.3) is 0 Å². The summed E-state index contributed by atoms with van der Waals surface area (Å²) in [7, 11) is 1.55. The summed E-state index contributed by atoms with van der Waals surface area (Å²) in [6.45, 7) is 2.66. The Balaban J connectivity index is 2.13. The number of hydrogen-bond acceptors (Lipinski definition) is 5. The van der Waals surface area contributed by atoms with Gasteiger partial charge in [-0.15, -0.1) is 11.3 Å². The number of aromatic nitrogens is 1.